The lowest BCUT2D eigenvalue weighted by molar-refractivity contribution is 0.394. The molecule has 0 spiro atoms. The molecule has 4 aromatic rings. The van der Waals surface area contributed by atoms with E-state index < -0.39 is 0 Å². The molecule has 108 valence electrons. The highest BCUT2D eigenvalue weighted by atomic mass is 16.5. The Bertz CT molecular complexity index is 1010. The number of H-pyrrole nitrogens is 1. The minimum Gasteiger partial charge on any atom is -0.339 e. The van der Waals surface area contributed by atoms with Crippen molar-refractivity contribution >= 4 is 5.52 Å². The lowest BCUT2D eigenvalue weighted by atomic mass is 10.1. The Labute approximate surface area is 124 Å². The van der Waals surface area contributed by atoms with E-state index in [9.17, 15) is 4.79 Å². The van der Waals surface area contributed by atoms with Crippen LogP contribution in [0.15, 0.2) is 52.0 Å². The molecule has 0 atom stereocenters. The minimum absolute atomic E-state index is 0.173. The van der Waals surface area contributed by atoms with Crippen LogP contribution in [0.2, 0.25) is 0 Å². The first-order valence-electron chi connectivity index (χ1n) is 6.68. The van der Waals surface area contributed by atoms with Gasteiger partial charge in [-0.3, -0.25) is 4.79 Å². The van der Waals surface area contributed by atoms with Gasteiger partial charge in [0.25, 0.3) is 5.56 Å². The summed E-state index contributed by atoms with van der Waals surface area (Å²) in [6, 6.07) is 9.21. The van der Waals surface area contributed by atoms with Crippen LogP contribution in [-0.2, 0) is 0 Å². The fraction of sp³-hybridized carbons (Fsp3) is 0.0667. The van der Waals surface area contributed by atoms with Crippen LogP contribution < -0.4 is 5.56 Å². The molecule has 0 aliphatic carbocycles. The van der Waals surface area contributed by atoms with Crippen molar-refractivity contribution in [2.45, 2.75) is 6.92 Å². The van der Waals surface area contributed by atoms with E-state index in [1.807, 2.05) is 24.3 Å². The molecule has 4 rings (SSSR count). The van der Waals surface area contributed by atoms with Crippen molar-refractivity contribution in [1.29, 1.82) is 0 Å². The Morgan fingerprint density at radius 3 is 2.64 bits per heavy atom. The third kappa shape index (κ3) is 1.99. The number of aromatic amines is 1. The lowest BCUT2D eigenvalue weighted by Crippen LogP contribution is -2.10. The molecule has 0 amide bonds. The van der Waals surface area contributed by atoms with E-state index in [1.54, 1.807) is 29.9 Å². The number of hydrogen-bond donors (Lipinski definition) is 1. The highest BCUT2D eigenvalue weighted by molar-refractivity contribution is 5.65. The predicted octanol–water partition coefficient (Wildman–Crippen LogP) is 2.05. The van der Waals surface area contributed by atoms with Gasteiger partial charge in [0, 0.05) is 12.5 Å². The Hall–Kier alpha value is -3.22. The number of aromatic nitrogens is 5. The van der Waals surface area contributed by atoms with Crippen molar-refractivity contribution in [3.63, 3.8) is 0 Å². The van der Waals surface area contributed by atoms with Gasteiger partial charge >= 0.3 is 0 Å². The van der Waals surface area contributed by atoms with Gasteiger partial charge in [0.2, 0.25) is 11.7 Å². The van der Waals surface area contributed by atoms with Crippen LogP contribution in [0.1, 0.15) is 5.89 Å². The van der Waals surface area contributed by atoms with Crippen LogP contribution in [0.5, 0.6) is 0 Å². The quantitative estimate of drug-likeness (QED) is 0.611. The van der Waals surface area contributed by atoms with Crippen molar-refractivity contribution in [2.75, 3.05) is 0 Å². The van der Waals surface area contributed by atoms with E-state index in [4.69, 9.17) is 4.52 Å². The van der Waals surface area contributed by atoms with Gasteiger partial charge in [-0.1, -0.05) is 29.4 Å². The van der Waals surface area contributed by atoms with E-state index >= 15 is 0 Å². The third-order valence-corrected chi connectivity index (χ3v) is 3.38. The van der Waals surface area contributed by atoms with Gasteiger partial charge in [-0.15, -0.1) is 0 Å². The van der Waals surface area contributed by atoms with Crippen LogP contribution in [0.3, 0.4) is 0 Å². The summed E-state index contributed by atoms with van der Waals surface area (Å²) in [5.74, 6) is 1.06. The van der Waals surface area contributed by atoms with Crippen LogP contribution in [0.25, 0.3) is 28.2 Å². The molecule has 1 aromatic carbocycles. The monoisotopic (exact) mass is 293 g/mol. The molecule has 0 bridgehead atoms. The molecule has 3 aromatic heterocycles. The molecule has 22 heavy (non-hydrogen) atoms. The number of aryl methyl sites for hydroxylation is 1. The molecule has 0 radical (unpaired) electrons. The summed E-state index contributed by atoms with van der Waals surface area (Å²) < 4.78 is 6.53. The highest BCUT2D eigenvalue weighted by Crippen LogP contribution is 2.21. The molecular formula is C15H11N5O2. The van der Waals surface area contributed by atoms with Crippen LogP contribution in [0.4, 0.5) is 0 Å². The predicted molar refractivity (Wildman–Crippen MR) is 79.3 cm³/mol. The Morgan fingerprint density at radius 1 is 1.14 bits per heavy atom. The van der Waals surface area contributed by atoms with Gasteiger partial charge in [0.1, 0.15) is 5.52 Å². The van der Waals surface area contributed by atoms with E-state index in [0.717, 1.165) is 11.1 Å². The van der Waals surface area contributed by atoms with Crippen molar-refractivity contribution in [2.24, 2.45) is 0 Å². The van der Waals surface area contributed by atoms with Crippen molar-refractivity contribution in [3.8, 4) is 22.6 Å². The maximum absolute atomic E-state index is 12.0. The van der Waals surface area contributed by atoms with Crippen LogP contribution in [0, 0.1) is 6.92 Å². The van der Waals surface area contributed by atoms with E-state index in [1.165, 1.54) is 0 Å². The fourth-order valence-electron chi connectivity index (χ4n) is 2.30. The molecule has 0 saturated carbocycles. The first kappa shape index (κ1) is 12.5. The Kier molecular flexibility index (Phi) is 2.65. The molecule has 7 nitrogen and oxygen atoms in total. The van der Waals surface area contributed by atoms with Gasteiger partial charge in [0.15, 0.2) is 0 Å². The summed E-state index contributed by atoms with van der Waals surface area (Å²) in [7, 11) is 0. The second-order valence-corrected chi connectivity index (χ2v) is 4.87. The normalized spacial score (nSPS) is 11.1. The Morgan fingerprint density at radius 2 is 1.91 bits per heavy atom. The van der Waals surface area contributed by atoms with Crippen molar-refractivity contribution < 1.29 is 4.52 Å². The largest absolute Gasteiger partial charge is 0.339 e. The maximum Gasteiger partial charge on any atom is 0.274 e. The second kappa shape index (κ2) is 4.66. The zero-order valence-corrected chi connectivity index (χ0v) is 11.6. The number of benzene rings is 1. The Balaban J connectivity index is 1.77. The molecule has 7 heteroatoms. The van der Waals surface area contributed by atoms with E-state index in [2.05, 4.69) is 20.2 Å². The molecular weight excluding hydrogens is 282 g/mol. The smallest absolute Gasteiger partial charge is 0.274 e. The highest BCUT2D eigenvalue weighted by Gasteiger charge is 2.08. The van der Waals surface area contributed by atoms with Gasteiger partial charge in [0.05, 0.1) is 18.1 Å². The standard InChI is InChI=1S/C15H11N5O2/c1-9-17-14(19-22-9)11-4-2-10(3-5-11)12-8-20-13(6-7-16-20)15(21)18-12/h2-8H,1H3,(H,18,21). The summed E-state index contributed by atoms with van der Waals surface area (Å²) in [5.41, 5.74) is 2.76. The summed E-state index contributed by atoms with van der Waals surface area (Å²) in [6.45, 7) is 1.74. The zero-order valence-electron chi connectivity index (χ0n) is 11.6. The molecule has 3 heterocycles. The summed E-state index contributed by atoms with van der Waals surface area (Å²) in [6.07, 6.45) is 3.38. The number of nitrogens with one attached hydrogen (secondary N) is 1. The fourth-order valence-corrected chi connectivity index (χ4v) is 2.30. The maximum atomic E-state index is 12.0. The van der Waals surface area contributed by atoms with Crippen molar-refractivity contribution in [1.82, 2.24) is 24.7 Å². The van der Waals surface area contributed by atoms with Crippen molar-refractivity contribution in [3.05, 3.63) is 59.0 Å². The molecule has 0 fully saturated rings. The SMILES string of the molecule is Cc1nc(-c2ccc(-c3cn4nccc4c(=O)[nH]3)cc2)no1. The first-order chi connectivity index (χ1) is 10.7. The molecule has 1 N–H and O–H groups in total. The molecule has 0 unspecified atom stereocenters. The topological polar surface area (TPSA) is 89.1 Å². The number of fused-ring (bicyclic) bond motifs is 1. The van der Waals surface area contributed by atoms with Gasteiger partial charge < -0.3 is 9.51 Å². The zero-order chi connectivity index (χ0) is 15.1. The van der Waals surface area contributed by atoms with Gasteiger partial charge in [-0.2, -0.15) is 10.1 Å². The second-order valence-electron chi connectivity index (χ2n) is 4.87. The average molecular weight is 293 g/mol. The molecule has 0 aliphatic heterocycles. The molecule has 0 saturated heterocycles. The van der Waals surface area contributed by atoms with Crippen LogP contribution >= 0.6 is 0 Å². The minimum atomic E-state index is -0.173. The third-order valence-electron chi connectivity index (χ3n) is 3.38. The van der Waals surface area contributed by atoms with E-state index in [0.29, 0.717) is 22.9 Å². The lowest BCUT2D eigenvalue weighted by Gasteiger charge is -2.03. The van der Waals surface area contributed by atoms with E-state index in [-0.39, 0.29) is 5.56 Å². The molecule has 0 aliphatic rings. The first-order valence-corrected chi connectivity index (χ1v) is 6.68. The number of rotatable bonds is 2. The summed E-state index contributed by atoms with van der Waals surface area (Å²) in [4.78, 5) is 19.0. The summed E-state index contributed by atoms with van der Waals surface area (Å²) in [5, 5.41) is 7.98. The average Bonchev–Trinajstić information content (AvgIpc) is 3.16. The number of nitrogens with zero attached hydrogens (tertiary/aromatic N) is 4. The number of hydrogen-bond acceptors (Lipinski definition) is 5. The van der Waals surface area contributed by atoms with Crippen LogP contribution in [-0.4, -0.2) is 24.7 Å². The van der Waals surface area contributed by atoms with Gasteiger partial charge in [-0.05, 0) is 11.6 Å². The van der Waals surface area contributed by atoms with Gasteiger partial charge in [-0.25, -0.2) is 4.52 Å². The summed E-state index contributed by atoms with van der Waals surface area (Å²) >= 11 is 0.